The van der Waals surface area contributed by atoms with E-state index in [1.165, 1.54) is 34.3 Å². The molecular formula is C20H25N3O4S2. The fourth-order valence-electron chi connectivity index (χ4n) is 3.25. The third-order valence-corrected chi connectivity index (χ3v) is 7.36. The van der Waals surface area contributed by atoms with Crippen molar-refractivity contribution in [2.45, 2.75) is 45.4 Å². The highest BCUT2D eigenvalue weighted by molar-refractivity contribution is 7.92. The van der Waals surface area contributed by atoms with Crippen molar-refractivity contribution in [3.63, 3.8) is 0 Å². The normalized spacial score (nSPS) is 13.8. The number of anilines is 1. The van der Waals surface area contributed by atoms with E-state index in [0.29, 0.717) is 17.0 Å². The summed E-state index contributed by atoms with van der Waals surface area (Å²) in [6.45, 7) is 1.78. The van der Waals surface area contributed by atoms with Gasteiger partial charge in [-0.25, -0.2) is 8.42 Å². The van der Waals surface area contributed by atoms with Gasteiger partial charge in [0, 0.05) is 16.1 Å². The lowest BCUT2D eigenvalue weighted by atomic mass is 10.1. The number of carbonyl (C=O) groups excluding carboxylic acids is 2. The molecule has 9 heteroatoms. The second kappa shape index (κ2) is 9.41. The molecule has 0 saturated heterocycles. The summed E-state index contributed by atoms with van der Waals surface area (Å²) in [5, 5.41) is 0. The maximum Gasteiger partial charge on any atom is 0.279 e. The van der Waals surface area contributed by atoms with Crippen molar-refractivity contribution in [2.24, 2.45) is 0 Å². The molecule has 1 aromatic carbocycles. The predicted molar refractivity (Wildman–Crippen MR) is 115 cm³/mol. The minimum absolute atomic E-state index is 0.00424. The van der Waals surface area contributed by atoms with Crippen molar-refractivity contribution in [1.82, 2.24) is 10.9 Å². The van der Waals surface area contributed by atoms with Crippen LogP contribution in [-0.2, 0) is 22.9 Å². The first-order valence-corrected chi connectivity index (χ1v) is 12.2. The number of sulfonamides is 1. The molecule has 1 aromatic heterocycles. The Morgan fingerprint density at radius 3 is 2.59 bits per heavy atom. The van der Waals surface area contributed by atoms with Crippen molar-refractivity contribution >= 4 is 38.9 Å². The summed E-state index contributed by atoms with van der Waals surface area (Å²) < 4.78 is 26.2. The van der Waals surface area contributed by atoms with Crippen molar-refractivity contribution in [2.75, 3.05) is 10.5 Å². The maximum absolute atomic E-state index is 12.4. The molecule has 3 N–H and O–H groups in total. The Balaban J connectivity index is 1.60. The molecule has 0 radical (unpaired) electrons. The van der Waals surface area contributed by atoms with Crippen LogP contribution in [0.3, 0.4) is 0 Å². The van der Waals surface area contributed by atoms with E-state index in [1.807, 2.05) is 6.07 Å². The van der Waals surface area contributed by atoms with Gasteiger partial charge in [0.1, 0.15) is 0 Å². The van der Waals surface area contributed by atoms with Gasteiger partial charge in [-0.1, -0.05) is 19.4 Å². The predicted octanol–water partition coefficient (Wildman–Crippen LogP) is 3.24. The molecule has 7 nitrogen and oxygen atoms in total. The second-order valence-corrected chi connectivity index (χ2v) is 10.0. The molecule has 1 aliphatic carbocycles. The first-order valence-electron chi connectivity index (χ1n) is 9.71. The molecule has 156 valence electrons. The summed E-state index contributed by atoms with van der Waals surface area (Å²) in [4.78, 5) is 26.6. The third kappa shape index (κ3) is 5.80. The van der Waals surface area contributed by atoms with E-state index in [4.69, 9.17) is 0 Å². The monoisotopic (exact) mass is 435 g/mol. The van der Waals surface area contributed by atoms with E-state index >= 15 is 0 Å². The first kappa shape index (κ1) is 21.3. The van der Waals surface area contributed by atoms with E-state index in [2.05, 4.69) is 15.6 Å². The van der Waals surface area contributed by atoms with Crippen LogP contribution < -0.4 is 15.6 Å². The fourth-order valence-corrected chi connectivity index (χ4v) is 5.52. The largest absolute Gasteiger partial charge is 0.284 e. The fraction of sp³-hybridized carbons (Fsp3) is 0.400. The lowest BCUT2D eigenvalue weighted by molar-refractivity contribution is 0.0849. The smallest absolute Gasteiger partial charge is 0.279 e. The van der Waals surface area contributed by atoms with Gasteiger partial charge >= 0.3 is 0 Å². The molecule has 0 spiro atoms. The van der Waals surface area contributed by atoms with Crippen LogP contribution in [0.5, 0.6) is 0 Å². The Labute approximate surface area is 174 Å². The van der Waals surface area contributed by atoms with Crippen molar-refractivity contribution in [1.29, 1.82) is 0 Å². The quantitative estimate of drug-likeness (QED) is 0.478. The van der Waals surface area contributed by atoms with Crippen LogP contribution >= 0.6 is 11.3 Å². The Hall–Kier alpha value is -2.39. The SMILES string of the molecule is CCCS(=O)(=O)Nc1cccc(C(=O)NNC(=O)c2cc3c(s2)CCCCC3)c1. The van der Waals surface area contributed by atoms with Gasteiger partial charge in [0.15, 0.2) is 0 Å². The van der Waals surface area contributed by atoms with E-state index in [0.717, 1.165) is 25.7 Å². The van der Waals surface area contributed by atoms with Gasteiger partial charge in [-0.3, -0.25) is 25.2 Å². The number of hydrogen-bond donors (Lipinski definition) is 3. The molecule has 2 amide bonds. The summed E-state index contributed by atoms with van der Waals surface area (Å²) in [5.74, 6) is -0.867. The molecule has 2 aromatic rings. The van der Waals surface area contributed by atoms with Gasteiger partial charge in [0.05, 0.1) is 10.6 Å². The Bertz CT molecular complexity index is 975. The van der Waals surface area contributed by atoms with Crippen molar-refractivity contribution < 1.29 is 18.0 Å². The number of amides is 2. The summed E-state index contributed by atoms with van der Waals surface area (Å²) >= 11 is 1.48. The number of hydrogen-bond acceptors (Lipinski definition) is 5. The van der Waals surface area contributed by atoms with E-state index in [9.17, 15) is 18.0 Å². The number of carbonyl (C=O) groups is 2. The molecule has 3 rings (SSSR count). The van der Waals surface area contributed by atoms with Gasteiger partial charge in [0.25, 0.3) is 11.8 Å². The number of rotatable bonds is 6. The van der Waals surface area contributed by atoms with Crippen LogP contribution in [0.25, 0.3) is 0 Å². The van der Waals surface area contributed by atoms with E-state index in [-0.39, 0.29) is 17.2 Å². The van der Waals surface area contributed by atoms with E-state index < -0.39 is 15.9 Å². The van der Waals surface area contributed by atoms with Gasteiger partial charge in [-0.2, -0.15) is 0 Å². The molecule has 0 bridgehead atoms. The summed E-state index contributed by atoms with van der Waals surface area (Å²) in [7, 11) is -3.44. The average molecular weight is 436 g/mol. The average Bonchev–Trinajstić information content (AvgIpc) is 2.96. The Morgan fingerprint density at radius 1 is 1.03 bits per heavy atom. The summed E-state index contributed by atoms with van der Waals surface area (Å²) in [6.07, 6.45) is 5.98. The molecule has 1 aliphatic rings. The highest BCUT2D eigenvalue weighted by Gasteiger charge is 2.17. The molecule has 1 heterocycles. The molecular weight excluding hydrogens is 410 g/mol. The second-order valence-electron chi connectivity index (χ2n) is 7.03. The van der Waals surface area contributed by atoms with Gasteiger partial charge < -0.3 is 0 Å². The molecule has 29 heavy (non-hydrogen) atoms. The maximum atomic E-state index is 12.4. The van der Waals surface area contributed by atoms with Crippen LogP contribution in [0.4, 0.5) is 5.69 Å². The van der Waals surface area contributed by atoms with E-state index in [1.54, 1.807) is 25.1 Å². The minimum Gasteiger partial charge on any atom is -0.284 e. The topological polar surface area (TPSA) is 104 Å². The number of benzene rings is 1. The lowest BCUT2D eigenvalue weighted by Crippen LogP contribution is -2.41. The number of nitrogens with one attached hydrogen (secondary N) is 3. The first-order chi connectivity index (χ1) is 13.9. The molecule has 0 aliphatic heterocycles. The standard InChI is InChI=1S/C20H25N3O4S2/c1-2-11-29(26,27)23-16-9-6-8-15(12-16)19(24)21-22-20(25)18-13-14-7-4-3-5-10-17(14)28-18/h6,8-9,12-13,23H,2-5,7,10-11H2,1H3,(H,21,24)(H,22,25). The Morgan fingerprint density at radius 2 is 1.79 bits per heavy atom. The Kier molecular flexibility index (Phi) is 6.92. The summed E-state index contributed by atoms with van der Waals surface area (Å²) in [5.41, 5.74) is 6.62. The van der Waals surface area contributed by atoms with Crippen molar-refractivity contribution in [3.8, 4) is 0 Å². The molecule has 0 fully saturated rings. The highest BCUT2D eigenvalue weighted by Crippen LogP contribution is 2.28. The number of hydrazine groups is 1. The number of aryl methyl sites for hydroxylation is 2. The number of thiophene rings is 1. The zero-order valence-electron chi connectivity index (χ0n) is 16.3. The minimum atomic E-state index is -3.44. The zero-order valence-corrected chi connectivity index (χ0v) is 17.9. The van der Waals surface area contributed by atoms with Crippen LogP contribution in [0.1, 0.15) is 63.1 Å². The van der Waals surface area contributed by atoms with Gasteiger partial charge in [-0.15, -0.1) is 11.3 Å². The van der Waals surface area contributed by atoms with Crippen LogP contribution in [-0.4, -0.2) is 26.0 Å². The van der Waals surface area contributed by atoms with Gasteiger partial charge in [0.2, 0.25) is 10.0 Å². The van der Waals surface area contributed by atoms with Crippen LogP contribution in [0.2, 0.25) is 0 Å². The van der Waals surface area contributed by atoms with Crippen LogP contribution in [0, 0.1) is 0 Å². The molecule has 0 atom stereocenters. The molecule has 0 unspecified atom stereocenters. The van der Waals surface area contributed by atoms with Gasteiger partial charge in [-0.05, 0) is 61.9 Å². The lowest BCUT2D eigenvalue weighted by Gasteiger charge is -2.10. The third-order valence-electron chi connectivity index (χ3n) is 4.63. The molecule has 0 saturated carbocycles. The summed E-state index contributed by atoms with van der Waals surface area (Å²) in [6, 6.07) is 8.04. The van der Waals surface area contributed by atoms with Crippen molar-refractivity contribution in [3.05, 3.63) is 51.2 Å². The number of fused-ring (bicyclic) bond motifs is 1. The van der Waals surface area contributed by atoms with Crippen LogP contribution in [0.15, 0.2) is 30.3 Å². The zero-order chi connectivity index (χ0) is 20.9. The highest BCUT2D eigenvalue weighted by atomic mass is 32.2.